The lowest BCUT2D eigenvalue weighted by Crippen LogP contribution is -2.14. The maximum Gasteiger partial charge on any atom is 0.419 e. The third-order valence-electron chi connectivity index (χ3n) is 1.57. The Kier molecular flexibility index (Phi) is 4.51. The molecule has 0 atom stereocenters. The van der Waals surface area contributed by atoms with Crippen LogP contribution in [0, 0.1) is 13.8 Å². The van der Waals surface area contributed by atoms with Gasteiger partial charge in [-0.1, -0.05) is 13.8 Å². The number of halogens is 3. The number of hydrogen-bond donors (Lipinski definition) is 1. The van der Waals surface area contributed by atoms with Gasteiger partial charge in [0, 0.05) is 0 Å². The molecule has 1 rings (SSSR count). The first-order valence-electron chi connectivity index (χ1n) is 4.50. The fourth-order valence-electron chi connectivity index (χ4n) is 1.15. The predicted octanol–water partition coefficient (Wildman–Crippen LogP) is 2.72. The van der Waals surface area contributed by atoms with Crippen LogP contribution in [0.15, 0.2) is 0 Å². The van der Waals surface area contributed by atoms with Crippen molar-refractivity contribution in [1.82, 2.24) is 9.97 Å². The SMILES string of the molecule is CC.Cc1nc(N)nc(C)c1C(F)(F)F. The Labute approximate surface area is 86.5 Å². The Morgan fingerprint density at radius 2 is 1.33 bits per heavy atom. The molecule has 1 aromatic heterocycles. The van der Waals surface area contributed by atoms with Crippen LogP contribution in [0.2, 0.25) is 0 Å². The van der Waals surface area contributed by atoms with E-state index in [0.717, 1.165) is 0 Å². The molecule has 0 radical (unpaired) electrons. The van der Waals surface area contributed by atoms with Crippen molar-refractivity contribution in [2.75, 3.05) is 5.73 Å². The number of nitrogen functional groups attached to an aromatic ring is 1. The number of anilines is 1. The number of nitrogens with two attached hydrogens (primary N) is 1. The molecule has 0 saturated carbocycles. The molecule has 2 N–H and O–H groups in total. The number of alkyl halides is 3. The summed E-state index contributed by atoms with van der Waals surface area (Å²) in [5.41, 5.74) is 4.10. The van der Waals surface area contributed by atoms with Crippen LogP contribution < -0.4 is 5.73 Å². The zero-order valence-electron chi connectivity index (χ0n) is 9.11. The molecular formula is C9H14F3N3. The summed E-state index contributed by atoms with van der Waals surface area (Å²) in [6, 6.07) is 0. The van der Waals surface area contributed by atoms with Crippen LogP contribution >= 0.6 is 0 Å². The second-order valence-electron chi connectivity index (χ2n) is 2.63. The fourth-order valence-corrected chi connectivity index (χ4v) is 1.15. The molecule has 0 aliphatic heterocycles. The molecule has 3 nitrogen and oxygen atoms in total. The molecule has 1 heterocycles. The summed E-state index contributed by atoms with van der Waals surface area (Å²) in [5, 5.41) is 0. The first-order valence-corrected chi connectivity index (χ1v) is 4.50. The van der Waals surface area contributed by atoms with Gasteiger partial charge in [0.25, 0.3) is 0 Å². The molecule has 0 bridgehead atoms. The molecule has 0 spiro atoms. The van der Waals surface area contributed by atoms with Gasteiger partial charge in [0.15, 0.2) is 0 Å². The molecule has 0 saturated heterocycles. The van der Waals surface area contributed by atoms with Crippen LogP contribution in [0.4, 0.5) is 19.1 Å². The van der Waals surface area contributed by atoms with Gasteiger partial charge in [0.05, 0.1) is 17.0 Å². The van der Waals surface area contributed by atoms with E-state index in [1.54, 1.807) is 0 Å². The predicted molar refractivity (Wildman–Crippen MR) is 52.3 cm³/mol. The van der Waals surface area contributed by atoms with Gasteiger partial charge >= 0.3 is 6.18 Å². The monoisotopic (exact) mass is 221 g/mol. The molecule has 1 aromatic rings. The average molecular weight is 221 g/mol. The fraction of sp³-hybridized carbons (Fsp3) is 0.556. The van der Waals surface area contributed by atoms with Crippen LogP contribution in [-0.4, -0.2) is 9.97 Å². The van der Waals surface area contributed by atoms with Crippen LogP contribution in [0.1, 0.15) is 30.8 Å². The summed E-state index contributed by atoms with van der Waals surface area (Å²) in [7, 11) is 0. The quantitative estimate of drug-likeness (QED) is 0.732. The van der Waals surface area contributed by atoms with Gasteiger partial charge in [-0.05, 0) is 13.8 Å². The molecule has 0 fully saturated rings. The second-order valence-corrected chi connectivity index (χ2v) is 2.63. The van der Waals surface area contributed by atoms with Gasteiger partial charge in [-0.3, -0.25) is 0 Å². The highest BCUT2D eigenvalue weighted by Crippen LogP contribution is 2.32. The zero-order chi connectivity index (χ0) is 12.2. The van der Waals surface area contributed by atoms with E-state index in [1.807, 2.05) is 13.8 Å². The largest absolute Gasteiger partial charge is 0.419 e. The van der Waals surface area contributed by atoms with Crippen molar-refractivity contribution >= 4 is 5.95 Å². The van der Waals surface area contributed by atoms with Crippen molar-refractivity contribution in [3.63, 3.8) is 0 Å². The minimum atomic E-state index is -4.41. The summed E-state index contributed by atoms with van der Waals surface area (Å²) >= 11 is 0. The summed E-state index contributed by atoms with van der Waals surface area (Å²) in [6.07, 6.45) is -4.41. The van der Waals surface area contributed by atoms with Gasteiger partial charge < -0.3 is 5.73 Å². The summed E-state index contributed by atoms with van der Waals surface area (Å²) in [5.74, 6) is -0.136. The van der Waals surface area contributed by atoms with E-state index in [1.165, 1.54) is 13.8 Å². The second kappa shape index (κ2) is 4.95. The van der Waals surface area contributed by atoms with E-state index < -0.39 is 11.7 Å². The number of aryl methyl sites for hydroxylation is 2. The molecule has 0 aliphatic carbocycles. The minimum absolute atomic E-state index is 0.136. The van der Waals surface area contributed by atoms with Crippen LogP contribution in [0.3, 0.4) is 0 Å². The van der Waals surface area contributed by atoms with Gasteiger partial charge in [0.2, 0.25) is 5.95 Å². The van der Waals surface area contributed by atoms with Gasteiger partial charge in [-0.25, -0.2) is 9.97 Å². The van der Waals surface area contributed by atoms with Crippen molar-refractivity contribution < 1.29 is 13.2 Å². The van der Waals surface area contributed by atoms with Gasteiger partial charge in [0.1, 0.15) is 0 Å². The van der Waals surface area contributed by atoms with E-state index in [0.29, 0.717) is 0 Å². The Balaban J connectivity index is 0.000000921. The molecule has 0 amide bonds. The first kappa shape index (κ1) is 13.7. The lowest BCUT2D eigenvalue weighted by Gasteiger charge is -2.11. The van der Waals surface area contributed by atoms with E-state index in [2.05, 4.69) is 9.97 Å². The number of hydrogen-bond acceptors (Lipinski definition) is 3. The zero-order valence-corrected chi connectivity index (χ0v) is 9.11. The highest BCUT2D eigenvalue weighted by molar-refractivity contribution is 5.32. The third-order valence-corrected chi connectivity index (χ3v) is 1.57. The van der Waals surface area contributed by atoms with Crippen LogP contribution in [0.5, 0.6) is 0 Å². The minimum Gasteiger partial charge on any atom is -0.368 e. The highest BCUT2D eigenvalue weighted by atomic mass is 19.4. The average Bonchev–Trinajstić information content (AvgIpc) is 2.02. The maximum absolute atomic E-state index is 12.3. The van der Waals surface area contributed by atoms with Gasteiger partial charge in [-0.2, -0.15) is 13.2 Å². The topological polar surface area (TPSA) is 51.8 Å². The van der Waals surface area contributed by atoms with E-state index >= 15 is 0 Å². The smallest absolute Gasteiger partial charge is 0.368 e. The Morgan fingerprint density at radius 1 is 1.00 bits per heavy atom. The maximum atomic E-state index is 12.3. The Bertz CT molecular complexity index is 311. The van der Waals surface area contributed by atoms with E-state index in [-0.39, 0.29) is 17.3 Å². The standard InChI is InChI=1S/C7H8F3N3.C2H6/c1-3-5(7(8,9)10)4(2)13-6(11)12-3;1-2/h1-2H3,(H2,11,12,13);1-2H3. The van der Waals surface area contributed by atoms with E-state index in [4.69, 9.17) is 5.73 Å². The number of nitrogens with zero attached hydrogens (tertiary/aromatic N) is 2. The summed E-state index contributed by atoms with van der Waals surface area (Å²) < 4.78 is 37.0. The van der Waals surface area contributed by atoms with Crippen molar-refractivity contribution in [3.05, 3.63) is 17.0 Å². The Morgan fingerprint density at radius 3 is 1.60 bits per heavy atom. The van der Waals surface area contributed by atoms with Gasteiger partial charge in [-0.15, -0.1) is 0 Å². The molecular weight excluding hydrogens is 207 g/mol. The van der Waals surface area contributed by atoms with Crippen LogP contribution in [-0.2, 0) is 6.18 Å². The lowest BCUT2D eigenvalue weighted by atomic mass is 10.1. The number of rotatable bonds is 0. The first-order chi connectivity index (χ1) is 6.82. The van der Waals surface area contributed by atoms with Crippen molar-refractivity contribution in [2.24, 2.45) is 0 Å². The highest BCUT2D eigenvalue weighted by Gasteiger charge is 2.35. The molecule has 0 aliphatic rings. The normalized spacial score (nSPS) is 10.6. The van der Waals surface area contributed by atoms with Crippen molar-refractivity contribution in [2.45, 2.75) is 33.9 Å². The molecule has 0 unspecified atom stereocenters. The molecule has 86 valence electrons. The summed E-state index contributed by atoms with van der Waals surface area (Å²) in [4.78, 5) is 6.90. The van der Waals surface area contributed by atoms with Crippen LogP contribution in [0.25, 0.3) is 0 Å². The molecule has 0 aromatic carbocycles. The molecule has 6 heteroatoms. The van der Waals surface area contributed by atoms with Crippen molar-refractivity contribution in [1.29, 1.82) is 0 Å². The number of aromatic nitrogens is 2. The Hall–Kier alpha value is -1.33. The molecule has 15 heavy (non-hydrogen) atoms. The van der Waals surface area contributed by atoms with Crippen molar-refractivity contribution in [3.8, 4) is 0 Å². The summed E-state index contributed by atoms with van der Waals surface area (Å²) in [6.45, 7) is 6.52. The third kappa shape index (κ3) is 3.38. The van der Waals surface area contributed by atoms with E-state index in [9.17, 15) is 13.2 Å². The lowest BCUT2D eigenvalue weighted by molar-refractivity contribution is -0.139.